The van der Waals surface area contributed by atoms with Crippen molar-refractivity contribution in [2.24, 2.45) is 5.92 Å². The lowest BCUT2D eigenvalue weighted by atomic mass is 9.84. The molecule has 0 aromatic rings. The molecule has 0 aromatic carbocycles. The third kappa shape index (κ3) is 2.68. The van der Waals surface area contributed by atoms with Gasteiger partial charge >= 0.3 is 0 Å². The molecule has 0 saturated carbocycles. The molecule has 0 radical (unpaired) electrons. The number of methoxy groups -OCH3 is 1. The summed E-state index contributed by atoms with van der Waals surface area (Å²) in [4.78, 5) is 2.52. The van der Waals surface area contributed by atoms with Gasteiger partial charge in [0.05, 0.1) is 5.60 Å². The Hall–Kier alpha value is -0.0800. The average Bonchev–Trinajstić information content (AvgIpc) is 2.18. The Morgan fingerprint density at radius 1 is 1.46 bits per heavy atom. The molecule has 1 fully saturated rings. The number of ether oxygens (including phenoxy) is 1. The minimum Gasteiger partial charge on any atom is -0.378 e. The van der Waals surface area contributed by atoms with E-state index in [1.807, 2.05) is 7.11 Å². The summed E-state index contributed by atoms with van der Waals surface area (Å²) in [6.45, 7) is 10.3. The van der Waals surface area contributed by atoms with Crippen LogP contribution < -0.4 is 0 Å². The molecule has 1 aliphatic heterocycles. The van der Waals surface area contributed by atoms with Crippen molar-refractivity contribution in [2.75, 3.05) is 26.7 Å². The van der Waals surface area contributed by atoms with Crippen LogP contribution in [0.15, 0.2) is 0 Å². The van der Waals surface area contributed by atoms with E-state index in [0.717, 1.165) is 0 Å². The zero-order valence-electron chi connectivity index (χ0n) is 9.47. The molecule has 0 N–H and O–H groups in total. The van der Waals surface area contributed by atoms with Crippen LogP contribution >= 0.6 is 0 Å². The van der Waals surface area contributed by atoms with Gasteiger partial charge < -0.3 is 9.64 Å². The molecule has 0 amide bonds. The molecule has 1 heterocycles. The minimum atomic E-state index is 0.0494. The van der Waals surface area contributed by atoms with Crippen LogP contribution in [0.1, 0.15) is 33.6 Å². The highest BCUT2D eigenvalue weighted by Gasteiger charge is 2.32. The van der Waals surface area contributed by atoms with E-state index in [-0.39, 0.29) is 5.60 Å². The second-order valence-corrected chi connectivity index (χ2v) is 4.54. The van der Waals surface area contributed by atoms with Crippen LogP contribution in [0.4, 0.5) is 0 Å². The lowest BCUT2D eigenvalue weighted by Crippen LogP contribution is -2.45. The van der Waals surface area contributed by atoms with Gasteiger partial charge in [0.25, 0.3) is 0 Å². The van der Waals surface area contributed by atoms with Gasteiger partial charge in [0, 0.05) is 19.6 Å². The number of hydrogen-bond acceptors (Lipinski definition) is 2. The molecular weight excluding hydrogens is 162 g/mol. The van der Waals surface area contributed by atoms with Crippen LogP contribution in [-0.4, -0.2) is 37.2 Å². The SMILES string of the molecule is CCN1CCC[C@@H](C(C)(C)OC)C1. The fraction of sp³-hybridized carbons (Fsp3) is 1.00. The maximum absolute atomic E-state index is 5.54. The number of rotatable bonds is 3. The van der Waals surface area contributed by atoms with Crippen LogP contribution in [0.25, 0.3) is 0 Å². The summed E-state index contributed by atoms with van der Waals surface area (Å²) >= 11 is 0. The summed E-state index contributed by atoms with van der Waals surface area (Å²) in [5.74, 6) is 0.700. The fourth-order valence-corrected chi connectivity index (χ4v) is 2.08. The molecule has 1 saturated heterocycles. The standard InChI is InChI=1S/C11H23NO/c1-5-12-8-6-7-10(9-12)11(2,3)13-4/h10H,5-9H2,1-4H3/t10-/m1/s1. The van der Waals surface area contributed by atoms with Gasteiger partial charge in [-0.25, -0.2) is 0 Å². The maximum atomic E-state index is 5.54. The van der Waals surface area contributed by atoms with Crippen molar-refractivity contribution in [1.29, 1.82) is 0 Å². The smallest absolute Gasteiger partial charge is 0.0662 e. The van der Waals surface area contributed by atoms with Gasteiger partial charge in [-0.3, -0.25) is 0 Å². The molecule has 78 valence electrons. The molecule has 2 nitrogen and oxygen atoms in total. The zero-order valence-corrected chi connectivity index (χ0v) is 9.47. The Balaban J connectivity index is 2.50. The largest absolute Gasteiger partial charge is 0.378 e. The molecule has 1 atom stereocenters. The van der Waals surface area contributed by atoms with E-state index < -0.39 is 0 Å². The summed E-state index contributed by atoms with van der Waals surface area (Å²) < 4.78 is 5.54. The van der Waals surface area contributed by atoms with Gasteiger partial charge in [-0.2, -0.15) is 0 Å². The van der Waals surface area contributed by atoms with E-state index in [1.165, 1.54) is 32.5 Å². The lowest BCUT2D eigenvalue weighted by Gasteiger charge is -2.40. The molecule has 0 unspecified atom stereocenters. The predicted molar refractivity (Wildman–Crippen MR) is 55.9 cm³/mol. The van der Waals surface area contributed by atoms with E-state index in [9.17, 15) is 0 Å². The van der Waals surface area contributed by atoms with Crippen LogP contribution in [0, 0.1) is 5.92 Å². The van der Waals surface area contributed by atoms with Gasteiger partial charge in [0.1, 0.15) is 0 Å². The van der Waals surface area contributed by atoms with Crippen molar-refractivity contribution in [3.05, 3.63) is 0 Å². The Kier molecular flexibility index (Phi) is 3.74. The van der Waals surface area contributed by atoms with E-state index in [0.29, 0.717) is 5.92 Å². The first-order chi connectivity index (χ1) is 6.10. The van der Waals surface area contributed by atoms with Gasteiger partial charge in [0.2, 0.25) is 0 Å². The van der Waals surface area contributed by atoms with Crippen molar-refractivity contribution in [3.63, 3.8) is 0 Å². The quantitative estimate of drug-likeness (QED) is 0.668. The summed E-state index contributed by atoms with van der Waals surface area (Å²) in [6, 6.07) is 0. The zero-order chi connectivity index (χ0) is 9.90. The number of piperidine rings is 1. The molecule has 13 heavy (non-hydrogen) atoms. The highest BCUT2D eigenvalue weighted by molar-refractivity contribution is 4.84. The Labute approximate surface area is 82.3 Å². The van der Waals surface area contributed by atoms with E-state index in [4.69, 9.17) is 4.74 Å². The van der Waals surface area contributed by atoms with Crippen molar-refractivity contribution >= 4 is 0 Å². The molecule has 0 bridgehead atoms. The van der Waals surface area contributed by atoms with Gasteiger partial charge in [-0.05, 0) is 39.8 Å². The second kappa shape index (κ2) is 4.43. The highest BCUT2D eigenvalue weighted by Crippen LogP contribution is 2.28. The summed E-state index contributed by atoms with van der Waals surface area (Å²) in [5.41, 5.74) is 0.0494. The summed E-state index contributed by atoms with van der Waals surface area (Å²) in [5, 5.41) is 0. The van der Waals surface area contributed by atoms with E-state index >= 15 is 0 Å². The third-order valence-corrected chi connectivity index (χ3v) is 3.46. The van der Waals surface area contributed by atoms with Crippen LogP contribution in [0.3, 0.4) is 0 Å². The van der Waals surface area contributed by atoms with Crippen molar-refractivity contribution < 1.29 is 4.74 Å². The van der Waals surface area contributed by atoms with E-state index in [1.54, 1.807) is 0 Å². The number of hydrogen-bond donors (Lipinski definition) is 0. The first-order valence-electron chi connectivity index (χ1n) is 5.37. The van der Waals surface area contributed by atoms with Gasteiger partial charge in [0.15, 0.2) is 0 Å². The molecule has 0 aliphatic carbocycles. The molecule has 0 spiro atoms. The first-order valence-corrected chi connectivity index (χ1v) is 5.37. The van der Waals surface area contributed by atoms with Crippen molar-refractivity contribution in [3.8, 4) is 0 Å². The summed E-state index contributed by atoms with van der Waals surface area (Å²) in [7, 11) is 1.82. The maximum Gasteiger partial charge on any atom is 0.0662 e. The molecule has 0 aromatic heterocycles. The summed E-state index contributed by atoms with van der Waals surface area (Å²) in [6.07, 6.45) is 2.64. The Morgan fingerprint density at radius 3 is 2.69 bits per heavy atom. The number of likely N-dealkylation sites (tertiary alicyclic amines) is 1. The van der Waals surface area contributed by atoms with Crippen molar-refractivity contribution in [2.45, 2.75) is 39.2 Å². The van der Waals surface area contributed by atoms with Crippen LogP contribution in [-0.2, 0) is 4.74 Å². The predicted octanol–water partition coefficient (Wildman–Crippen LogP) is 2.14. The molecular formula is C11H23NO. The second-order valence-electron chi connectivity index (χ2n) is 4.54. The topological polar surface area (TPSA) is 12.5 Å². The monoisotopic (exact) mass is 185 g/mol. The highest BCUT2D eigenvalue weighted by atomic mass is 16.5. The van der Waals surface area contributed by atoms with Crippen LogP contribution in [0.5, 0.6) is 0 Å². The number of nitrogens with zero attached hydrogens (tertiary/aromatic N) is 1. The Bertz CT molecular complexity index is 156. The van der Waals surface area contributed by atoms with E-state index in [2.05, 4.69) is 25.7 Å². The lowest BCUT2D eigenvalue weighted by molar-refractivity contribution is -0.0519. The van der Waals surface area contributed by atoms with Crippen molar-refractivity contribution in [1.82, 2.24) is 4.90 Å². The average molecular weight is 185 g/mol. The molecule has 1 rings (SSSR count). The molecule has 2 heteroatoms. The normalized spacial score (nSPS) is 26.3. The van der Waals surface area contributed by atoms with Gasteiger partial charge in [-0.15, -0.1) is 0 Å². The van der Waals surface area contributed by atoms with Gasteiger partial charge in [-0.1, -0.05) is 6.92 Å². The first kappa shape index (κ1) is 11.0. The molecule has 1 aliphatic rings. The Morgan fingerprint density at radius 2 is 2.15 bits per heavy atom. The van der Waals surface area contributed by atoms with Crippen LogP contribution in [0.2, 0.25) is 0 Å². The fourth-order valence-electron chi connectivity index (χ4n) is 2.08. The third-order valence-electron chi connectivity index (χ3n) is 3.46. The minimum absolute atomic E-state index is 0.0494.